The van der Waals surface area contributed by atoms with Gasteiger partial charge in [-0.25, -0.2) is 4.57 Å². The van der Waals surface area contributed by atoms with E-state index in [0.29, 0.717) is 6.42 Å². The molecule has 0 aromatic heterocycles. The van der Waals surface area contributed by atoms with Crippen LogP contribution in [0.15, 0.2) is 182 Å². The summed E-state index contributed by atoms with van der Waals surface area (Å²) >= 11 is 0. The van der Waals surface area contributed by atoms with E-state index in [1.807, 2.05) is 0 Å². The Bertz CT molecular complexity index is 2040. The summed E-state index contributed by atoms with van der Waals surface area (Å²) in [6.07, 6.45) is 103. The molecular weight excluding hydrogens is 1070 g/mol. The highest BCUT2D eigenvalue weighted by atomic mass is 31.2. The second-order valence-corrected chi connectivity index (χ2v) is 22.7. The first-order valence-corrected chi connectivity index (χ1v) is 34.8. The molecule has 10 heteroatoms. The van der Waals surface area contributed by atoms with E-state index in [1.54, 1.807) is 0 Å². The van der Waals surface area contributed by atoms with Crippen molar-refractivity contribution in [3.63, 3.8) is 0 Å². The molecule has 0 amide bonds. The van der Waals surface area contributed by atoms with Crippen LogP contribution in [0.1, 0.15) is 245 Å². The first-order chi connectivity index (χ1) is 41.8. The molecule has 0 aromatic rings. The van der Waals surface area contributed by atoms with Gasteiger partial charge in [0.25, 0.3) is 0 Å². The zero-order chi connectivity index (χ0) is 61.6. The monoisotopic (exact) mass is 1190 g/mol. The van der Waals surface area contributed by atoms with Crippen LogP contribution in [-0.4, -0.2) is 49.3 Å². The topological polar surface area (TPSA) is 134 Å². The SMILES string of the molecule is CC/C=C\C/C=C\C/C=C\C/C=C\C/C=C\C/C=C\C/C=C\C/C=C\CCCCC(=O)OC(COC(=O)CCCCCCCCCCCCCCCCC/C=C\C/C=C\C/C=C\C/C=C\C/C=C\C/C=C\C/C=C\CC)COP(=O)(O)OCCN. The van der Waals surface area contributed by atoms with Crippen molar-refractivity contribution in [2.24, 2.45) is 5.73 Å². The third kappa shape index (κ3) is 68.1. The van der Waals surface area contributed by atoms with E-state index in [-0.39, 0.29) is 32.6 Å². The predicted molar refractivity (Wildman–Crippen MR) is 366 cm³/mol. The smallest absolute Gasteiger partial charge is 0.462 e. The van der Waals surface area contributed by atoms with Crippen molar-refractivity contribution in [2.75, 3.05) is 26.4 Å². The maximum absolute atomic E-state index is 12.7. The van der Waals surface area contributed by atoms with Gasteiger partial charge in [0.2, 0.25) is 0 Å². The van der Waals surface area contributed by atoms with Gasteiger partial charge in [0.1, 0.15) is 6.61 Å². The van der Waals surface area contributed by atoms with Crippen molar-refractivity contribution in [1.29, 1.82) is 0 Å². The highest BCUT2D eigenvalue weighted by molar-refractivity contribution is 7.47. The Balaban J connectivity index is 4.01. The van der Waals surface area contributed by atoms with Gasteiger partial charge >= 0.3 is 19.8 Å². The molecule has 0 bridgehead atoms. The van der Waals surface area contributed by atoms with Crippen LogP contribution in [0.5, 0.6) is 0 Å². The van der Waals surface area contributed by atoms with Gasteiger partial charge in [-0.15, -0.1) is 0 Å². The average Bonchev–Trinajstić information content (AvgIpc) is 3.53. The fraction of sp³-hybridized carbons (Fsp3) is 0.573. The molecule has 0 fully saturated rings. The molecular formula is C75H120NO8P. The number of hydrogen-bond donors (Lipinski definition) is 2. The van der Waals surface area contributed by atoms with Gasteiger partial charge in [0, 0.05) is 19.4 Å². The van der Waals surface area contributed by atoms with Crippen LogP contribution in [0, 0.1) is 0 Å². The lowest BCUT2D eigenvalue weighted by atomic mass is 10.0. The molecule has 0 spiro atoms. The molecule has 0 aliphatic heterocycles. The van der Waals surface area contributed by atoms with Crippen LogP contribution in [0.4, 0.5) is 0 Å². The zero-order valence-electron chi connectivity index (χ0n) is 53.5. The summed E-state index contributed by atoms with van der Waals surface area (Å²) in [5.41, 5.74) is 5.39. The van der Waals surface area contributed by atoms with Crippen LogP contribution in [0.3, 0.4) is 0 Å². The number of esters is 2. The second kappa shape index (κ2) is 68.2. The number of rotatable bonds is 60. The molecule has 2 unspecified atom stereocenters. The first-order valence-electron chi connectivity index (χ1n) is 33.3. The van der Waals surface area contributed by atoms with Crippen LogP contribution in [-0.2, 0) is 32.7 Å². The number of ether oxygens (including phenoxy) is 2. The third-order valence-corrected chi connectivity index (χ3v) is 14.3. The molecule has 9 nitrogen and oxygen atoms in total. The summed E-state index contributed by atoms with van der Waals surface area (Å²) in [5, 5.41) is 0. The number of unbranched alkanes of at least 4 members (excludes halogenated alkanes) is 17. The summed E-state index contributed by atoms with van der Waals surface area (Å²) in [4.78, 5) is 35.3. The zero-order valence-corrected chi connectivity index (χ0v) is 54.4. The Labute approximate surface area is 520 Å². The Kier molecular flexibility index (Phi) is 64.3. The third-order valence-electron chi connectivity index (χ3n) is 13.3. The van der Waals surface area contributed by atoms with Gasteiger partial charge in [-0.05, 0) is 135 Å². The highest BCUT2D eigenvalue weighted by Gasteiger charge is 2.26. The van der Waals surface area contributed by atoms with Gasteiger partial charge in [-0.1, -0.05) is 280 Å². The lowest BCUT2D eigenvalue weighted by Gasteiger charge is -2.19. The molecule has 85 heavy (non-hydrogen) atoms. The summed E-state index contributed by atoms with van der Waals surface area (Å²) in [7, 11) is -4.42. The number of allylic oxidation sites excluding steroid dienone is 30. The number of carbonyl (C=O) groups excluding carboxylic acids is 2. The number of hydrogen-bond acceptors (Lipinski definition) is 8. The van der Waals surface area contributed by atoms with E-state index < -0.39 is 32.5 Å². The average molecular weight is 1190 g/mol. The Morgan fingerprint density at radius 1 is 0.353 bits per heavy atom. The van der Waals surface area contributed by atoms with Crippen molar-refractivity contribution in [1.82, 2.24) is 0 Å². The number of phosphoric ester groups is 1. The van der Waals surface area contributed by atoms with Crippen LogP contribution in [0.25, 0.3) is 0 Å². The predicted octanol–water partition coefficient (Wildman–Crippen LogP) is 22.0. The van der Waals surface area contributed by atoms with E-state index in [1.165, 1.54) is 77.0 Å². The fourth-order valence-electron chi connectivity index (χ4n) is 8.46. The highest BCUT2D eigenvalue weighted by Crippen LogP contribution is 2.43. The van der Waals surface area contributed by atoms with Crippen molar-refractivity contribution >= 4 is 19.8 Å². The second-order valence-electron chi connectivity index (χ2n) is 21.2. The molecule has 3 N–H and O–H groups in total. The van der Waals surface area contributed by atoms with E-state index in [2.05, 4.69) is 196 Å². The van der Waals surface area contributed by atoms with E-state index >= 15 is 0 Å². The minimum Gasteiger partial charge on any atom is -0.462 e. The Morgan fingerprint density at radius 3 is 0.929 bits per heavy atom. The Morgan fingerprint density at radius 2 is 0.612 bits per heavy atom. The summed E-state index contributed by atoms with van der Waals surface area (Å²) in [6.45, 7) is 3.45. The molecule has 2 atom stereocenters. The van der Waals surface area contributed by atoms with E-state index in [9.17, 15) is 19.0 Å². The van der Waals surface area contributed by atoms with Crippen molar-refractivity contribution < 1.29 is 37.6 Å². The fourth-order valence-corrected chi connectivity index (χ4v) is 9.22. The summed E-state index contributed by atoms with van der Waals surface area (Å²) < 4.78 is 33.1. The molecule has 478 valence electrons. The number of nitrogens with two attached hydrogens (primary N) is 1. The minimum absolute atomic E-state index is 0.0370. The normalized spacial score (nSPS) is 14.2. The molecule has 0 heterocycles. The van der Waals surface area contributed by atoms with Gasteiger partial charge in [0.15, 0.2) is 6.10 Å². The van der Waals surface area contributed by atoms with Crippen molar-refractivity contribution in [2.45, 2.75) is 251 Å². The minimum atomic E-state index is -4.42. The lowest BCUT2D eigenvalue weighted by Crippen LogP contribution is -2.29. The maximum Gasteiger partial charge on any atom is 0.472 e. The van der Waals surface area contributed by atoms with Gasteiger partial charge in [-0.2, -0.15) is 0 Å². The van der Waals surface area contributed by atoms with Gasteiger partial charge < -0.3 is 20.1 Å². The van der Waals surface area contributed by atoms with E-state index in [4.69, 9.17) is 24.3 Å². The molecule has 0 saturated carbocycles. The molecule has 0 rings (SSSR count). The van der Waals surface area contributed by atoms with Crippen LogP contribution in [0.2, 0.25) is 0 Å². The standard InChI is InChI=1S/C75H120NO8P/c1-3-5-7-9-11-13-15-17-19-21-23-25-27-29-31-32-33-34-35-36-37-38-39-40-42-43-45-47-49-51-53-55-57-59-61-63-65-67-74(77)81-71-73(72-83-85(79,80)82-70-69-76)84-75(78)68-66-64-62-60-58-56-54-52-50-48-46-44-41-30-28-26-24-22-20-18-16-14-12-10-8-6-4-2/h5-8,11-14,17-20,23-26,29-31,33-34,36-37,41,46,48,52,54,58,60,73H,3-4,9-10,15-16,21-22,27-28,32,35,38-40,42-45,47,49-51,53,55-57,59,61-72,76H2,1-2H3,(H,79,80)/b7-5-,8-6-,13-11-,14-12-,19-17-,20-18-,25-23-,26-24-,31-29-,34-33-,37-36-,41-30-,48-46-,54-52-,60-58-. The quantitative estimate of drug-likeness (QED) is 0.0264. The molecule has 0 aliphatic carbocycles. The largest absolute Gasteiger partial charge is 0.472 e. The molecule has 0 saturated heterocycles. The summed E-state index contributed by atoms with van der Waals surface area (Å²) in [5.74, 6) is -0.889. The molecule has 0 aromatic carbocycles. The molecule has 0 aliphatic rings. The first kappa shape index (κ1) is 80.1. The van der Waals surface area contributed by atoms with Crippen LogP contribution < -0.4 is 5.73 Å². The van der Waals surface area contributed by atoms with E-state index in [0.717, 1.165) is 135 Å². The van der Waals surface area contributed by atoms with Crippen molar-refractivity contribution in [3.8, 4) is 0 Å². The maximum atomic E-state index is 12.7. The van der Waals surface area contributed by atoms with Gasteiger partial charge in [0.05, 0.1) is 13.2 Å². The lowest BCUT2D eigenvalue weighted by molar-refractivity contribution is -0.161. The van der Waals surface area contributed by atoms with Crippen molar-refractivity contribution in [3.05, 3.63) is 182 Å². The Hall–Kier alpha value is -4.89. The molecule has 0 radical (unpaired) electrons. The van der Waals surface area contributed by atoms with Crippen LogP contribution >= 0.6 is 7.82 Å². The number of carbonyl (C=O) groups is 2. The summed E-state index contributed by atoms with van der Waals surface area (Å²) in [6, 6.07) is 0. The van der Waals surface area contributed by atoms with Gasteiger partial charge in [-0.3, -0.25) is 18.6 Å². The number of phosphoric acid groups is 1.